The lowest BCUT2D eigenvalue weighted by Gasteiger charge is -2.05. The van der Waals surface area contributed by atoms with E-state index in [1.165, 1.54) is 5.56 Å². The molecule has 2 heterocycles. The van der Waals surface area contributed by atoms with Crippen LogP contribution in [0.1, 0.15) is 11.3 Å². The number of nitrogens with two attached hydrogens (primary N) is 1. The van der Waals surface area contributed by atoms with E-state index in [1.54, 1.807) is 0 Å². The van der Waals surface area contributed by atoms with Gasteiger partial charge in [-0.1, -0.05) is 35.0 Å². The van der Waals surface area contributed by atoms with E-state index >= 15 is 0 Å². The molecule has 1 aromatic carbocycles. The number of benzene rings is 1. The van der Waals surface area contributed by atoms with Crippen molar-refractivity contribution in [1.82, 2.24) is 10.1 Å². The second-order valence-corrected chi connectivity index (χ2v) is 4.43. The molecule has 0 aliphatic rings. The van der Waals surface area contributed by atoms with Gasteiger partial charge >= 0.3 is 0 Å². The normalized spacial score (nSPS) is 11.0. The van der Waals surface area contributed by atoms with E-state index in [4.69, 9.17) is 10.3 Å². The zero-order chi connectivity index (χ0) is 12.7. The Morgan fingerprint density at radius 3 is 2.78 bits per heavy atom. The maximum Gasteiger partial charge on any atom is 0.260 e. The van der Waals surface area contributed by atoms with Crippen LogP contribution in [0, 0.1) is 13.8 Å². The van der Waals surface area contributed by atoms with E-state index in [-0.39, 0.29) is 0 Å². The topological polar surface area (TPSA) is 64.9 Å². The van der Waals surface area contributed by atoms with Gasteiger partial charge in [0.25, 0.3) is 5.71 Å². The molecule has 0 bridgehead atoms. The molecule has 18 heavy (non-hydrogen) atoms. The van der Waals surface area contributed by atoms with Gasteiger partial charge in [-0.25, -0.2) is 4.98 Å². The van der Waals surface area contributed by atoms with Crippen LogP contribution in [0.3, 0.4) is 0 Å². The second kappa shape index (κ2) is 3.84. The molecule has 0 radical (unpaired) electrons. The molecule has 0 aliphatic carbocycles. The fraction of sp³-hybridized carbons (Fsp3) is 0.143. The minimum Gasteiger partial charge on any atom is -0.380 e. The van der Waals surface area contributed by atoms with Gasteiger partial charge in [-0.2, -0.15) is 0 Å². The average Bonchev–Trinajstić information content (AvgIpc) is 2.70. The molecule has 90 valence electrons. The molecule has 2 N–H and O–H groups in total. The Labute approximate surface area is 104 Å². The molecule has 0 saturated heterocycles. The van der Waals surface area contributed by atoms with Gasteiger partial charge in [0.15, 0.2) is 5.82 Å². The van der Waals surface area contributed by atoms with Crippen LogP contribution in [0.2, 0.25) is 0 Å². The van der Waals surface area contributed by atoms with Crippen LogP contribution in [0.5, 0.6) is 0 Å². The van der Waals surface area contributed by atoms with Crippen LogP contribution in [0.15, 0.2) is 34.9 Å². The molecule has 0 spiro atoms. The van der Waals surface area contributed by atoms with Crippen molar-refractivity contribution in [3.8, 4) is 11.1 Å². The highest BCUT2D eigenvalue weighted by Crippen LogP contribution is 2.32. The van der Waals surface area contributed by atoms with Crippen molar-refractivity contribution in [1.29, 1.82) is 0 Å². The van der Waals surface area contributed by atoms with E-state index < -0.39 is 0 Å². The lowest BCUT2D eigenvalue weighted by molar-refractivity contribution is 0.452. The summed E-state index contributed by atoms with van der Waals surface area (Å²) < 4.78 is 5.14. The molecule has 4 nitrogen and oxygen atoms in total. The van der Waals surface area contributed by atoms with Crippen LogP contribution < -0.4 is 5.73 Å². The van der Waals surface area contributed by atoms with Gasteiger partial charge < -0.3 is 10.3 Å². The molecule has 0 fully saturated rings. The number of pyridine rings is 1. The monoisotopic (exact) mass is 239 g/mol. The fourth-order valence-corrected chi connectivity index (χ4v) is 2.14. The van der Waals surface area contributed by atoms with E-state index in [1.807, 2.05) is 25.1 Å². The summed E-state index contributed by atoms with van der Waals surface area (Å²) in [5.74, 6) is 0.383. The molecule has 3 aromatic rings. The Balaban J connectivity index is 2.37. The van der Waals surface area contributed by atoms with Crippen LogP contribution >= 0.6 is 0 Å². The first-order valence-corrected chi connectivity index (χ1v) is 5.74. The largest absolute Gasteiger partial charge is 0.380 e. The van der Waals surface area contributed by atoms with Gasteiger partial charge in [-0.3, -0.25) is 0 Å². The third-order valence-electron chi connectivity index (χ3n) is 2.93. The van der Waals surface area contributed by atoms with E-state index in [0.29, 0.717) is 11.5 Å². The summed E-state index contributed by atoms with van der Waals surface area (Å²) >= 11 is 0. The Bertz CT molecular complexity index is 731. The van der Waals surface area contributed by atoms with Crippen molar-refractivity contribution in [2.45, 2.75) is 13.8 Å². The summed E-state index contributed by atoms with van der Waals surface area (Å²) in [5, 5.41) is 4.57. The highest BCUT2D eigenvalue weighted by atomic mass is 16.5. The summed E-state index contributed by atoms with van der Waals surface area (Å²) in [4.78, 5) is 4.30. The lowest BCUT2D eigenvalue weighted by Crippen LogP contribution is -1.90. The van der Waals surface area contributed by atoms with Gasteiger partial charge in [0.05, 0.1) is 5.39 Å². The minimum absolute atomic E-state index is 0.383. The smallest absolute Gasteiger partial charge is 0.260 e. The number of fused-ring (bicyclic) bond motifs is 1. The number of aryl methyl sites for hydroxylation is 2. The van der Waals surface area contributed by atoms with E-state index in [2.05, 4.69) is 29.2 Å². The summed E-state index contributed by atoms with van der Waals surface area (Å²) in [6.45, 7) is 3.99. The SMILES string of the molecule is Cc1cccc(-c2cc(C)nc3onc(N)c23)c1. The molecule has 3 rings (SSSR count). The Morgan fingerprint density at radius 1 is 1.17 bits per heavy atom. The zero-order valence-corrected chi connectivity index (χ0v) is 10.3. The third-order valence-corrected chi connectivity index (χ3v) is 2.93. The van der Waals surface area contributed by atoms with Gasteiger partial charge in [0.1, 0.15) is 0 Å². The van der Waals surface area contributed by atoms with E-state index in [9.17, 15) is 0 Å². The summed E-state index contributed by atoms with van der Waals surface area (Å²) in [7, 11) is 0. The molecular formula is C14H13N3O. The van der Waals surface area contributed by atoms with Crippen molar-refractivity contribution in [3.63, 3.8) is 0 Å². The lowest BCUT2D eigenvalue weighted by atomic mass is 10.0. The van der Waals surface area contributed by atoms with Gasteiger partial charge in [-0.05, 0) is 25.5 Å². The molecule has 2 aromatic heterocycles. The highest BCUT2D eigenvalue weighted by Gasteiger charge is 2.14. The van der Waals surface area contributed by atoms with Crippen molar-refractivity contribution in [2.24, 2.45) is 0 Å². The van der Waals surface area contributed by atoms with Gasteiger partial charge in [-0.15, -0.1) is 0 Å². The Kier molecular flexibility index (Phi) is 2.30. The van der Waals surface area contributed by atoms with Crippen molar-refractivity contribution < 1.29 is 4.52 Å². The highest BCUT2D eigenvalue weighted by molar-refractivity contribution is 5.99. The third kappa shape index (κ3) is 1.62. The number of nitrogens with zero attached hydrogens (tertiary/aromatic N) is 2. The maximum atomic E-state index is 5.86. The van der Waals surface area contributed by atoms with Crippen LogP contribution in [-0.4, -0.2) is 10.1 Å². The van der Waals surface area contributed by atoms with Crippen LogP contribution in [0.4, 0.5) is 5.82 Å². The van der Waals surface area contributed by atoms with Crippen molar-refractivity contribution in [3.05, 3.63) is 41.6 Å². The molecule has 0 aliphatic heterocycles. The predicted octanol–water partition coefficient (Wildman–Crippen LogP) is 3.09. The zero-order valence-electron chi connectivity index (χ0n) is 10.3. The summed E-state index contributed by atoms with van der Waals surface area (Å²) in [6, 6.07) is 10.3. The number of aromatic nitrogens is 2. The second-order valence-electron chi connectivity index (χ2n) is 4.43. The average molecular weight is 239 g/mol. The van der Waals surface area contributed by atoms with Crippen molar-refractivity contribution in [2.75, 3.05) is 5.73 Å². The first-order valence-electron chi connectivity index (χ1n) is 5.74. The number of rotatable bonds is 1. The Morgan fingerprint density at radius 2 is 2.00 bits per heavy atom. The molecule has 0 amide bonds. The van der Waals surface area contributed by atoms with Crippen LogP contribution in [-0.2, 0) is 0 Å². The minimum atomic E-state index is 0.383. The van der Waals surface area contributed by atoms with E-state index in [0.717, 1.165) is 22.2 Å². The summed E-state index contributed by atoms with van der Waals surface area (Å²) in [5.41, 5.74) is 10.5. The molecule has 0 atom stereocenters. The Hall–Kier alpha value is -2.36. The molecular weight excluding hydrogens is 226 g/mol. The van der Waals surface area contributed by atoms with Crippen molar-refractivity contribution >= 4 is 16.9 Å². The standard InChI is InChI=1S/C14H13N3O/c1-8-4-3-5-10(6-8)11-7-9(2)16-14-12(11)13(15)17-18-14/h3-7H,1-2H3,(H2,15,17). The molecule has 4 heteroatoms. The first kappa shape index (κ1) is 10.8. The number of hydrogen-bond donors (Lipinski definition) is 1. The fourth-order valence-electron chi connectivity index (χ4n) is 2.14. The first-order chi connectivity index (χ1) is 8.65. The predicted molar refractivity (Wildman–Crippen MR) is 71.1 cm³/mol. The number of nitrogen functional groups attached to an aromatic ring is 1. The number of hydrogen-bond acceptors (Lipinski definition) is 4. The number of anilines is 1. The van der Waals surface area contributed by atoms with Gasteiger partial charge in [0.2, 0.25) is 0 Å². The maximum absolute atomic E-state index is 5.86. The quantitative estimate of drug-likeness (QED) is 0.708. The molecule has 0 saturated carbocycles. The van der Waals surface area contributed by atoms with Gasteiger partial charge in [0, 0.05) is 11.3 Å². The van der Waals surface area contributed by atoms with Crippen LogP contribution in [0.25, 0.3) is 22.2 Å². The molecule has 0 unspecified atom stereocenters. The summed E-state index contributed by atoms with van der Waals surface area (Å²) in [6.07, 6.45) is 0.